The van der Waals surface area contributed by atoms with Crippen molar-refractivity contribution < 1.29 is 18.0 Å². The highest BCUT2D eigenvalue weighted by Crippen LogP contribution is 2.30. The highest BCUT2D eigenvalue weighted by Gasteiger charge is 2.25. The maximum atomic E-state index is 13.9. The number of anilines is 2. The monoisotopic (exact) mass is 587 g/mol. The molecule has 1 aromatic heterocycles. The van der Waals surface area contributed by atoms with E-state index in [4.69, 9.17) is 0 Å². The predicted octanol–water partition coefficient (Wildman–Crippen LogP) is 3.68. The second kappa shape index (κ2) is 11.5. The standard InChI is InChI=1S/C31H33N5O5S/c1-18-11-21-12-19(2)25(18)15-36(3)16-29(38)34-22-7-10-28(42(4,40)41)20(13-22)5-9-27(37)30(21)35-23-6-8-26-24(14-23)31(39)33-17-32-26/h6-8,10-14,17,30,35H,5,9,15-16H2,1-4H3,(H,34,38)(H,32,33,39). The SMILES string of the molecule is Cc1cc2cc(C)c1CN(C)CC(=O)Nc1ccc(S(C)(=O)=O)c(c1)CCC(=O)C2Nc1ccc2nc[nH]c(=O)c2c1. The number of Topliss-reactive ketones (excluding diaryl/α,β-unsaturated/α-hetero) is 1. The highest BCUT2D eigenvalue weighted by atomic mass is 32.2. The van der Waals surface area contributed by atoms with Crippen LogP contribution in [0.15, 0.2) is 64.5 Å². The van der Waals surface area contributed by atoms with E-state index in [1.165, 1.54) is 12.4 Å². The molecule has 0 fully saturated rings. The van der Waals surface area contributed by atoms with Crippen molar-refractivity contribution in [1.82, 2.24) is 14.9 Å². The van der Waals surface area contributed by atoms with Crippen molar-refractivity contribution in [3.05, 3.63) is 93.0 Å². The van der Waals surface area contributed by atoms with Crippen LogP contribution >= 0.6 is 0 Å². The van der Waals surface area contributed by atoms with Crippen LogP contribution in [0.1, 0.15) is 40.3 Å². The molecule has 1 unspecified atom stereocenters. The van der Waals surface area contributed by atoms with Crippen molar-refractivity contribution >= 4 is 43.8 Å². The minimum Gasteiger partial charge on any atom is -0.372 e. The Morgan fingerprint density at radius 3 is 2.40 bits per heavy atom. The summed E-state index contributed by atoms with van der Waals surface area (Å²) in [7, 11) is -1.72. The molecule has 3 heterocycles. The fraction of sp³-hybridized carbons (Fsp3) is 0.290. The van der Waals surface area contributed by atoms with Gasteiger partial charge in [0.2, 0.25) is 5.91 Å². The summed E-state index contributed by atoms with van der Waals surface area (Å²) in [5.41, 5.74) is 5.53. The van der Waals surface area contributed by atoms with Gasteiger partial charge in [-0.3, -0.25) is 19.3 Å². The Hall–Kier alpha value is -4.35. The van der Waals surface area contributed by atoms with Gasteiger partial charge in [-0.15, -0.1) is 0 Å². The van der Waals surface area contributed by atoms with Crippen molar-refractivity contribution in [1.29, 1.82) is 0 Å². The van der Waals surface area contributed by atoms with E-state index in [1.807, 2.05) is 37.9 Å². The molecule has 0 aliphatic carbocycles. The molecule has 0 saturated heterocycles. The summed E-state index contributed by atoms with van der Waals surface area (Å²) >= 11 is 0. The summed E-state index contributed by atoms with van der Waals surface area (Å²) in [6.07, 6.45) is 2.66. The molecule has 10 nitrogen and oxygen atoms in total. The number of likely N-dealkylation sites (N-methyl/N-ethyl adjacent to an activating group) is 1. The zero-order valence-electron chi connectivity index (χ0n) is 23.9. The number of nitrogens with one attached hydrogen (secondary N) is 3. The molecule has 6 rings (SSSR count). The summed E-state index contributed by atoms with van der Waals surface area (Å²) in [6, 6.07) is 13.0. The average molecular weight is 588 g/mol. The number of H-pyrrole nitrogens is 1. The number of carbonyl (C=O) groups is 2. The molecule has 2 aliphatic rings. The molecule has 0 spiro atoms. The Bertz CT molecular complexity index is 1860. The van der Waals surface area contributed by atoms with Gasteiger partial charge in [-0.25, -0.2) is 13.4 Å². The minimum absolute atomic E-state index is 0.0376. The summed E-state index contributed by atoms with van der Waals surface area (Å²) < 4.78 is 25.1. The Morgan fingerprint density at radius 1 is 0.952 bits per heavy atom. The number of aryl methyl sites for hydroxylation is 3. The van der Waals surface area contributed by atoms with Crippen LogP contribution in [-0.4, -0.2) is 54.8 Å². The second-order valence-corrected chi connectivity index (χ2v) is 12.9. The van der Waals surface area contributed by atoms with Gasteiger partial charge in [0.1, 0.15) is 6.04 Å². The first-order chi connectivity index (χ1) is 19.9. The number of nitrogens with zero attached hydrogens (tertiary/aromatic N) is 2. The number of fused-ring (bicyclic) bond motifs is 10. The van der Waals surface area contributed by atoms with Crippen LogP contribution in [0.3, 0.4) is 0 Å². The number of carbonyl (C=O) groups excluding carboxylic acids is 2. The number of hydrogen-bond acceptors (Lipinski definition) is 8. The average Bonchev–Trinajstić information content (AvgIpc) is 2.91. The number of rotatable bonds is 3. The van der Waals surface area contributed by atoms with Crippen LogP contribution < -0.4 is 16.2 Å². The van der Waals surface area contributed by atoms with E-state index in [-0.39, 0.29) is 41.5 Å². The molecule has 3 aromatic carbocycles. The zero-order chi connectivity index (χ0) is 30.2. The summed E-state index contributed by atoms with van der Waals surface area (Å²) in [5, 5.41) is 6.59. The third-order valence-electron chi connectivity index (χ3n) is 7.55. The lowest BCUT2D eigenvalue weighted by molar-refractivity contribution is -0.120. The van der Waals surface area contributed by atoms with Gasteiger partial charge in [-0.05, 0) is 91.5 Å². The van der Waals surface area contributed by atoms with Crippen LogP contribution in [0.4, 0.5) is 11.4 Å². The quantitative estimate of drug-likeness (QED) is 0.330. The van der Waals surface area contributed by atoms with Crippen molar-refractivity contribution in [2.24, 2.45) is 0 Å². The molecule has 4 bridgehead atoms. The lowest BCUT2D eigenvalue weighted by atomic mass is 9.91. The maximum absolute atomic E-state index is 13.9. The molecule has 3 N–H and O–H groups in total. The first kappa shape index (κ1) is 29.2. The summed E-state index contributed by atoms with van der Waals surface area (Å²) in [5.74, 6) is -0.376. The van der Waals surface area contributed by atoms with E-state index in [1.54, 1.807) is 30.3 Å². The Morgan fingerprint density at radius 2 is 1.69 bits per heavy atom. The molecular formula is C31H33N5O5S. The lowest BCUT2D eigenvalue weighted by Gasteiger charge is -2.24. The minimum atomic E-state index is -3.58. The largest absolute Gasteiger partial charge is 0.372 e. The Kier molecular flexibility index (Phi) is 7.98. The number of aromatic nitrogens is 2. The Labute approximate surface area is 244 Å². The molecule has 11 heteroatoms. The normalized spacial score (nSPS) is 16.9. The molecule has 0 radical (unpaired) electrons. The molecular weight excluding hydrogens is 554 g/mol. The third kappa shape index (κ3) is 6.27. The van der Waals surface area contributed by atoms with Crippen LogP contribution in [0.25, 0.3) is 10.9 Å². The maximum Gasteiger partial charge on any atom is 0.258 e. The van der Waals surface area contributed by atoms with Gasteiger partial charge in [0.25, 0.3) is 5.56 Å². The van der Waals surface area contributed by atoms with Crippen molar-refractivity contribution in [2.75, 3.05) is 30.5 Å². The lowest BCUT2D eigenvalue weighted by Crippen LogP contribution is -2.30. The number of aromatic amines is 1. The topological polar surface area (TPSA) is 141 Å². The van der Waals surface area contributed by atoms with Crippen LogP contribution in [0.2, 0.25) is 0 Å². The smallest absolute Gasteiger partial charge is 0.258 e. The van der Waals surface area contributed by atoms with E-state index in [2.05, 4.69) is 20.6 Å². The Balaban J connectivity index is 1.60. The van der Waals surface area contributed by atoms with E-state index in [9.17, 15) is 22.8 Å². The van der Waals surface area contributed by atoms with Gasteiger partial charge in [0, 0.05) is 30.6 Å². The molecule has 1 atom stereocenters. The van der Waals surface area contributed by atoms with E-state index < -0.39 is 15.9 Å². The van der Waals surface area contributed by atoms with Crippen LogP contribution in [0, 0.1) is 13.8 Å². The molecule has 0 saturated carbocycles. The third-order valence-corrected chi connectivity index (χ3v) is 8.75. The molecule has 1 amide bonds. The first-order valence-corrected chi connectivity index (χ1v) is 15.5. The molecule has 218 valence electrons. The fourth-order valence-corrected chi connectivity index (χ4v) is 6.46. The predicted molar refractivity (Wildman–Crippen MR) is 162 cm³/mol. The number of hydrogen-bond donors (Lipinski definition) is 3. The number of amides is 1. The van der Waals surface area contributed by atoms with Gasteiger partial charge in [-0.1, -0.05) is 12.1 Å². The van der Waals surface area contributed by atoms with Crippen LogP contribution in [0.5, 0.6) is 0 Å². The van der Waals surface area contributed by atoms with Gasteiger partial charge in [0.15, 0.2) is 15.6 Å². The van der Waals surface area contributed by atoms with Gasteiger partial charge < -0.3 is 15.6 Å². The molecule has 4 aromatic rings. The van der Waals surface area contributed by atoms with Crippen molar-refractivity contribution in [3.63, 3.8) is 0 Å². The van der Waals surface area contributed by atoms with E-state index in [0.717, 1.165) is 28.5 Å². The van der Waals surface area contributed by atoms with E-state index >= 15 is 0 Å². The number of benzene rings is 3. The highest BCUT2D eigenvalue weighted by molar-refractivity contribution is 7.90. The number of sulfone groups is 1. The second-order valence-electron chi connectivity index (χ2n) is 11.0. The molecule has 2 aliphatic heterocycles. The zero-order valence-corrected chi connectivity index (χ0v) is 24.8. The fourth-order valence-electron chi connectivity index (χ4n) is 5.51. The number of ketones is 1. The van der Waals surface area contributed by atoms with Crippen LogP contribution in [-0.2, 0) is 32.4 Å². The molecule has 42 heavy (non-hydrogen) atoms. The summed E-state index contributed by atoms with van der Waals surface area (Å²) in [6.45, 7) is 4.63. The first-order valence-electron chi connectivity index (χ1n) is 13.6. The summed E-state index contributed by atoms with van der Waals surface area (Å²) in [4.78, 5) is 48.0. The van der Waals surface area contributed by atoms with Gasteiger partial charge in [-0.2, -0.15) is 0 Å². The van der Waals surface area contributed by atoms with E-state index in [0.29, 0.717) is 34.4 Å². The van der Waals surface area contributed by atoms with Crippen molar-refractivity contribution in [3.8, 4) is 0 Å². The van der Waals surface area contributed by atoms with Gasteiger partial charge in [0.05, 0.1) is 28.7 Å². The van der Waals surface area contributed by atoms with Crippen molar-refractivity contribution in [2.45, 2.75) is 44.2 Å². The van der Waals surface area contributed by atoms with Gasteiger partial charge >= 0.3 is 0 Å².